The Morgan fingerprint density at radius 1 is 1.11 bits per heavy atom. The summed E-state index contributed by atoms with van der Waals surface area (Å²) in [6.07, 6.45) is 4.03. The second-order valence-corrected chi connectivity index (χ2v) is 10.9. The van der Waals surface area contributed by atoms with E-state index in [0.29, 0.717) is 49.1 Å². The van der Waals surface area contributed by atoms with Crippen molar-refractivity contribution >= 4 is 76.5 Å². The highest BCUT2D eigenvalue weighted by molar-refractivity contribution is 9.11. The number of anilines is 1. The molecule has 0 unspecified atom stereocenters. The van der Waals surface area contributed by atoms with Crippen molar-refractivity contribution in [2.24, 2.45) is 5.10 Å². The standard InChI is InChI=1S/C27H22Br3FN4O3/c1-2-3-4-24-34-23-10-5-17(28)13-20(23)27(37)35(24)32-14-16-11-21(29)26(22(30)12-16)38-15-25(36)33-19-8-6-18(31)7-9-19/h5-14H,2-4,15H2,1H3,(H,33,36). The molecular weight excluding hydrogens is 687 g/mol. The molecule has 1 N–H and O–H groups in total. The number of rotatable bonds is 9. The number of carbonyl (C=O) groups excluding carboxylic acids is 1. The van der Waals surface area contributed by atoms with Crippen LogP contribution in [0.15, 0.2) is 77.9 Å². The Bertz CT molecular complexity index is 1550. The lowest BCUT2D eigenvalue weighted by Crippen LogP contribution is -2.22. The molecule has 38 heavy (non-hydrogen) atoms. The number of aryl methyl sites for hydroxylation is 1. The Hall–Kier alpha value is -2.89. The maximum atomic E-state index is 13.3. The van der Waals surface area contributed by atoms with Crippen molar-refractivity contribution in [1.29, 1.82) is 0 Å². The smallest absolute Gasteiger partial charge is 0.282 e. The van der Waals surface area contributed by atoms with Gasteiger partial charge in [-0.15, -0.1) is 0 Å². The number of fused-ring (bicyclic) bond motifs is 1. The molecule has 0 bridgehead atoms. The highest BCUT2D eigenvalue weighted by Crippen LogP contribution is 2.34. The fourth-order valence-corrected chi connectivity index (χ4v) is 5.41. The van der Waals surface area contributed by atoms with Gasteiger partial charge in [-0.1, -0.05) is 29.3 Å². The van der Waals surface area contributed by atoms with E-state index in [1.807, 2.05) is 12.1 Å². The van der Waals surface area contributed by atoms with E-state index in [2.05, 4.69) is 70.1 Å². The van der Waals surface area contributed by atoms with E-state index in [9.17, 15) is 14.0 Å². The van der Waals surface area contributed by atoms with Crippen LogP contribution in [-0.4, -0.2) is 28.4 Å². The van der Waals surface area contributed by atoms with Crippen molar-refractivity contribution in [3.8, 4) is 5.75 Å². The maximum Gasteiger partial charge on any atom is 0.282 e. The van der Waals surface area contributed by atoms with Crippen molar-refractivity contribution in [2.75, 3.05) is 11.9 Å². The number of benzene rings is 3. The molecule has 0 fully saturated rings. The molecule has 11 heteroatoms. The summed E-state index contributed by atoms with van der Waals surface area (Å²) >= 11 is 10.4. The predicted molar refractivity (Wildman–Crippen MR) is 158 cm³/mol. The summed E-state index contributed by atoms with van der Waals surface area (Å²) in [5.41, 5.74) is 1.54. The average molecular weight is 709 g/mol. The summed E-state index contributed by atoms with van der Waals surface area (Å²) in [5.74, 6) is 0.237. The zero-order chi connectivity index (χ0) is 27.2. The highest BCUT2D eigenvalue weighted by atomic mass is 79.9. The molecule has 1 amide bonds. The summed E-state index contributed by atoms with van der Waals surface area (Å²) in [5, 5.41) is 7.60. The van der Waals surface area contributed by atoms with E-state index in [-0.39, 0.29) is 18.0 Å². The molecule has 0 saturated heterocycles. The van der Waals surface area contributed by atoms with Crippen LogP contribution >= 0.6 is 47.8 Å². The first-order chi connectivity index (χ1) is 18.2. The minimum absolute atomic E-state index is 0.246. The molecule has 0 radical (unpaired) electrons. The molecular formula is C27H22Br3FN4O3. The number of halogens is 4. The van der Waals surface area contributed by atoms with Crippen molar-refractivity contribution in [3.63, 3.8) is 0 Å². The zero-order valence-corrected chi connectivity index (χ0v) is 24.9. The van der Waals surface area contributed by atoms with E-state index in [1.165, 1.54) is 28.9 Å². The third kappa shape index (κ3) is 6.95. The minimum atomic E-state index is -0.393. The fourth-order valence-electron chi connectivity index (χ4n) is 3.59. The van der Waals surface area contributed by atoms with Gasteiger partial charge in [0, 0.05) is 16.6 Å². The van der Waals surface area contributed by atoms with Crippen LogP contribution in [0.3, 0.4) is 0 Å². The molecule has 7 nitrogen and oxygen atoms in total. The third-order valence-corrected chi connectivity index (χ3v) is 7.12. The topological polar surface area (TPSA) is 85.6 Å². The third-order valence-electron chi connectivity index (χ3n) is 5.45. The van der Waals surface area contributed by atoms with Gasteiger partial charge in [-0.25, -0.2) is 9.37 Å². The molecule has 196 valence electrons. The van der Waals surface area contributed by atoms with Crippen LogP contribution in [0.1, 0.15) is 31.2 Å². The summed E-state index contributed by atoms with van der Waals surface area (Å²) in [4.78, 5) is 30.2. The number of carbonyl (C=O) groups is 1. The number of hydrogen-bond donors (Lipinski definition) is 1. The Balaban J connectivity index is 1.54. The van der Waals surface area contributed by atoms with E-state index in [4.69, 9.17) is 4.74 Å². The molecule has 1 heterocycles. The molecule has 0 aliphatic rings. The van der Waals surface area contributed by atoms with Crippen molar-refractivity contribution in [2.45, 2.75) is 26.2 Å². The first kappa shape index (κ1) is 28.1. The van der Waals surface area contributed by atoms with Gasteiger partial charge in [0.2, 0.25) is 0 Å². The van der Waals surface area contributed by atoms with Crippen molar-refractivity contribution in [1.82, 2.24) is 9.66 Å². The lowest BCUT2D eigenvalue weighted by Gasteiger charge is -2.12. The molecule has 4 rings (SSSR count). The first-order valence-corrected chi connectivity index (χ1v) is 14.1. The molecule has 1 aromatic heterocycles. The number of nitrogens with zero attached hydrogens (tertiary/aromatic N) is 3. The molecule has 0 spiro atoms. The van der Waals surface area contributed by atoms with E-state index >= 15 is 0 Å². The summed E-state index contributed by atoms with van der Waals surface area (Å²) in [7, 11) is 0. The van der Waals surface area contributed by atoms with E-state index < -0.39 is 5.91 Å². The number of aromatic nitrogens is 2. The summed E-state index contributed by atoms with van der Waals surface area (Å²) in [6, 6.07) is 14.4. The van der Waals surface area contributed by atoms with Gasteiger partial charge < -0.3 is 10.1 Å². The average Bonchev–Trinajstić information content (AvgIpc) is 2.88. The second-order valence-electron chi connectivity index (χ2n) is 8.31. The quantitative estimate of drug-likeness (QED) is 0.189. The number of hydrogen-bond acceptors (Lipinski definition) is 5. The summed E-state index contributed by atoms with van der Waals surface area (Å²) < 4.78 is 22.0. The van der Waals surface area contributed by atoms with Crippen LogP contribution in [0.2, 0.25) is 0 Å². The van der Waals surface area contributed by atoms with Crippen LogP contribution in [0.4, 0.5) is 10.1 Å². The Morgan fingerprint density at radius 2 is 1.82 bits per heavy atom. The van der Waals surface area contributed by atoms with Gasteiger partial charge in [0.25, 0.3) is 11.5 Å². The number of nitrogens with one attached hydrogen (secondary N) is 1. The minimum Gasteiger partial charge on any atom is -0.481 e. The number of unbranched alkanes of at least 4 members (excludes halogenated alkanes) is 1. The molecule has 0 aliphatic heterocycles. The van der Waals surface area contributed by atoms with Crippen LogP contribution in [0.5, 0.6) is 5.75 Å². The molecule has 0 aliphatic carbocycles. The van der Waals surface area contributed by atoms with Crippen LogP contribution in [0.25, 0.3) is 10.9 Å². The Kier molecular flexibility index (Phi) is 9.45. The Labute approximate surface area is 243 Å². The monoisotopic (exact) mass is 706 g/mol. The van der Waals surface area contributed by atoms with Gasteiger partial charge in [0.1, 0.15) is 17.4 Å². The molecule has 0 saturated carbocycles. The van der Waals surface area contributed by atoms with Gasteiger partial charge in [0.15, 0.2) is 6.61 Å². The predicted octanol–water partition coefficient (Wildman–Crippen LogP) is 7.07. The van der Waals surface area contributed by atoms with E-state index in [1.54, 1.807) is 24.4 Å². The first-order valence-electron chi connectivity index (χ1n) is 11.7. The normalized spacial score (nSPS) is 11.3. The second kappa shape index (κ2) is 12.8. The van der Waals surface area contributed by atoms with Crippen molar-refractivity contribution < 1.29 is 13.9 Å². The van der Waals surface area contributed by atoms with Crippen molar-refractivity contribution in [3.05, 3.63) is 95.6 Å². The molecule has 0 atom stereocenters. The van der Waals surface area contributed by atoms with Gasteiger partial charge >= 0.3 is 0 Å². The largest absolute Gasteiger partial charge is 0.481 e. The van der Waals surface area contributed by atoms with Crippen LogP contribution in [0, 0.1) is 5.82 Å². The summed E-state index contributed by atoms with van der Waals surface area (Å²) in [6.45, 7) is 1.82. The van der Waals surface area contributed by atoms with Crippen LogP contribution < -0.4 is 15.6 Å². The molecule has 3 aromatic carbocycles. The lowest BCUT2D eigenvalue weighted by atomic mass is 10.2. The SMILES string of the molecule is CCCCc1nc2ccc(Br)cc2c(=O)n1N=Cc1cc(Br)c(OCC(=O)Nc2ccc(F)cc2)c(Br)c1. The van der Waals surface area contributed by atoms with Crippen LogP contribution in [-0.2, 0) is 11.2 Å². The fraction of sp³-hybridized carbons (Fsp3) is 0.185. The maximum absolute atomic E-state index is 13.3. The highest BCUT2D eigenvalue weighted by Gasteiger charge is 2.13. The Morgan fingerprint density at radius 3 is 2.50 bits per heavy atom. The van der Waals surface area contributed by atoms with Gasteiger partial charge in [-0.2, -0.15) is 9.78 Å². The number of amides is 1. The molecule has 4 aromatic rings. The lowest BCUT2D eigenvalue weighted by molar-refractivity contribution is -0.118. The zero-order valence-electron chi connectivity index (χ0n) is 20.2. The van der Waals surface area contributed by atoms with Gasteiger partial charge in [-0.05, 0) is 98.4 Å². The number of ether oxygens (including phenoxy) is 1. The van der Waals surface area contributed by atoms with Gasteiger partial charge in [0.05, 0.1) is 26.1 Å². The van der Waals surface area contributed by atoms with Gasteiger partial charge in [-0.3, -0.25) is 9.59 Å². The van der Waals surface area contributed by atoms with E-state index in [0.717, 1.165) is 17.3 Å².